The highest BCUT2D eigenvalue weighted by molar-refractivity contribution is 5.53. The maximum Gasteiger partial charge on any atom is 0.0429 e. The Kier molecular flexibility index (Phi) is 5.19. The van der Waals surface area contributed by atoms with Crippen molar-refractivity contribution in [3.63, 3.8) is 0 Å². The summed E-state index contributed by atoms with van der Waals surface area (Å²) in [7, 11) is 1.98. The van der Waals surface area contributed by atoms with Gasteiger partial charge in [-0.25, -0.2) is 0 Å². The Morgan fingerprint density at radius 1 is 1.00 bits per heavy atom. The molecule has 0 saturated carbocycles. The van der Waals surface area contributed by atoms with E-state index in [0.717, 1.165) is 19.6 Å². The molecule has 2 nitrogen and oxygen atoms in total. The molecule has 0 aliphatic rings. The molecule has 0 fully saturated rings. The zero-order chi connectivity index (χ0) is 14.4. The van der Waals surface area contributed by atoms with Crippen molar-refractivity contribution >= 4 is 5.69 Å². The highest BCUT2D eigenvalue weighted by Gasteiger charge is 2.07. The van der Waals surface area contributed by atoms with Crippen LogP contribution in [0.2, 0.25) is 0 Å². The summed E-state index contributed by atoms with van der Waals surface area (Å²) in [5.41, 5.74) is 5.36. The molecule has 0 aliphatic heterocycles. The summed E-state index contributed by atoms with van der Waals surface area (Å²) in [4.78, 5) is 2.42. The Balaban J connectivity index is 2.18. The number of benzene rings is 2. The van der Waals surface area contributed by atoms with E-state index in [9.17, 15) is 0 Å². The molecule has 0 saturated heterocycles. The van der Waals surface area contributed by atoms with E-state index in [-0.39, 0.29) is 0 Å². The third kappa shape index (κ3) is 3.61. The lowest BCUT2D eigenvalue weighted by atomic mass is 10.1. The van der Waals surface area contributed by atoms with Gasteiger partial charge in [-0.2, -0.15) is 0 Å². The van der Waals surface area contributed by atoms with Gasteiger partial charge < -0.3 is 10.2 Å². The average Bonchev–Trinajstić information content (AvgIpc) is 2.46. The maximum atomic E-state index is 3.21. The van der Waals surface area contributed by atoms with Gasteiger partial charge in [0.2, 0.25) is 0 Å². The van der Waals surface area contributed by atoms with Gasteiger partial charge in [0, 0.05) is 25.3 Å². The maximum absolute atomic E-state index is 3.21. The number of hydrogen-bond donors (Lipinski definition) is 1. The van der Waals surface area contributed by atoms with E-state index in [1.54, 1.807) is 0 Å². The summed E-state index contributed by atoms with van der Waals surface area (Å²) >= 11 is 0. The van der Waals surface area contributed by atoms with Crippen molar-refractivity contribution in [1.82, 2.24) is 5.32 Å². The Morgan fingerprint density at radius 2 is 1.75 bits per heavy atom. The zero-order valence-electron chi connectivity index (χ0n) is 12.7. The molecule has 0 radical (unpaired) electrons. The molecule has 2 heteroatoms. The Bertz CT molecular complexity index is 549. The summed E-state index contributed by atoms with van der Waals surface area (Å²) < 4.78 is 0. The quantitative estimate of drug-likeness (QED) is 0.858. The summed E-state index contributed by atoms with van der Waals surface area (Å²) in [6, 6.07) is 17.4. The number of rotatable bonds is 6. The van der Waals surface area contributed by atoms with Crippen LogP contribution in [0.5, 0.6) is 0 Å². The molecule has 0 spiro atoms. The van der Waals surface area contributed by atoms with Gasteiger partial charge in [-0.3, -0.25) is 0 Å². The van der Waals surface area contributed by atoms with Crippen LogP contribution < -0.4 is 10.2 Å². The van der Waals surface area contributed by atoms with Crippen LogP contribution in [-0.2, 0) is 13.1 Å². The monoisotopic (exact) mass is 268 g/mol. The average molecular weight is 268 g/mol. The molecule has 0 amide bonds. The lowest BCUT2D eigenvalue weighted by Gasteiger charge is -2.25. The fraction of sp³-hybridized carbons (Fsp3) is 0.333. The van der Waals surface area contributed by atoms with E-state index in [1.165, 1.54) is 22.4 Å². The van der Waals surface area contributed by atoms with Gasteiger partial charge in [0.05, 0.1) is 0 Å². The van der Waals surface area contributed by atoms with Crippen LogP contribution in [-0.4, -0.2) is 13.6 Å². The first-order chi connectivity index (χ1) is 9.74. The first-order valence-corrected chi connectivity index (χ1v) is 7.27. The molecule has 2 rings (SSSR count). The van der Waals surface area contributed by atoms with Crippen LogP contribution in [0.4, 0.5) is 5.69 Å². The van der Waals surface area contributed by atoms with Crippen LogP contribution >= 0.6 is 0 Å². The normalized spacial score (nSPS) is 10.6. The molecular formula is C18H24N2. The summed E-state index contributed by atoms with van der Waals surface area (Å²) in [6.07, 6.45) is 0. The van der Waals surface area contributed by atoms with Crippen molar-refractivity contribution in [2.75, 3.05) is 18.5 Å². The summed E-state index contributed by atoms with van der Waals surface area (Å²) in [5.74, 6) is 0. The van der Waals surface area contributed by atoms with Gasteiger partial charge in [0.25, 0.3) is 0 Å². The second-order valence-electron chi connectivity index (χ2n) is 5.15. The van der Waals surface area contributed by atoms with Crippen molar-refractivity contribution in [3.05, 3.63) is 65.2 Å². The summed E-state index contributed by atoms with van der Waals surface area (Å²) in [6.45, 7) is 7.28. The van der Waals surface area contributed by atoms with E-state index >= 15 is 0 Å². The van der Waals surface area contributed by atoms with Crippen LogP contribution in [0.1, 0.15) is 23.6 Å². The Morgan fingerprint density at radius 3 is 2.45 bits per heavy atom. The van der Waals surface area contributed by atoms with Gasteiger partial charge in [0.1, 0.15) is 0 Å². The van der Waals surface area contributed by atoms with Gasteiger partial charge in [-0.15, -0.1) is 0 Å². The fourth-order valence-corrected chi connectivity index (χ4v) is 2.55. The number of anilines is 1. The van der Waals surface area contributed by atoms with Crippen molar-refractivity contribution < 1.29 is 0 Å². The minimum absolute atomic E-state index is 0.921. The number of nitrogens with one attached hydrogen (secondary N) is 1. The molecule has 1 N–H and O–H groups in total. The van der Waals surface area contributed by atoms with Gasteiger partial charge in [-0.05, 0) is 43.7 Å². The van der Waals surface area contributed by atoms with E-state index in [0.29, 0.717) is 0 Å². The largest absolute Gasteiger partial charge is 0.367 e. The van der Waals surface area contributed by atoms with Crippen molar-refractivity contribution in [3.8, 4) is 0 Å². The molecule has 2 aromatic carbocycles. The van der Waals surface area contributed by atoms with Crippen molar-refractivity contribution in [2.45, 2.75) is 26.9 Å². The van der Waals surface area contributed by atoms with Crippen LogP contribution in [0.3, 0.4) is 0 Å². The van der Waals surface area contributed by atoms with Crippen LogP contribution in [0.25, 0.3) is 0 Å². The van der Waals surface area contributed by atoms with Crippen molar-refractivity contribution in [1.29, 1.82) is 0 Å². The Labute approximate surface area is 122 Å². The molecule has 106 valence electrons. The number of aryl methyl sites for hydroxylation is 1. The van der Waals surface area contributed by atoms with E-state index < -0.39 is 0 Å². The SMILES string of the molecule is CCN(Cc1cccc(CNC)c1)c1ccccc1C. The predicted octanol–water partition coefficient (Wildman–Crippen LogP) is 3.74. The number of para-hydroxylation sites is 1. The summed E-state index contributed by atoms with van der Waals surface area (Å²) in [5, 5.41) is 3.21. The third-order valence-electron chi connectivity index (χ3n) is 3.58. The molecule has 0 aromatic heterocycles. The number of nitrogens with zero attached hydrogens (tertiary/aromatic N) is 1. The predicted molar refractivity (Wildman–Crippen MR) is 87.1 cm³/mol. The van der Waals surface area contributed by atoms with E-state index in [4.69, 9.17) is 0 Å². The van der Waals surface area contributed by atoms with Crippen LogP contribution in [0.15, 0.2) is 48.5 Å². The van der Waals surface area contributed by atoms with Crippen molar-refractivity contribution in [2.24, 2.45) is 0 Å². The lowest BCUT2D eigenvalue weighted by molar-refractivity contribution is 0.804. The lowest BCUT2D eigenvalue weighted by Crippen LogP contribution is -2.22. The minimum Gasteiger partial charge on any atom is -0.367 e. The topological polar surface area (TPSA) is 15.3 Å². The third-order valence-corrected chi connectivity index (χ3v) is 3.58. The van der Waals surface area contributed by atoms with E-state index in [2.05, 4.69) is 72.6 Å². The second-order valence-corrected chi connectivity index (χ2v) is 5.15. The van der Waals surface area contributed by atoms with Gasteiger partial charge in [0.15, 0.2) is 0 Å². The fourth-order valence-electron chi connectivity index (χ4n) is 2.55. The van der Waals surface area contributed by atoms with E-state index in [1.807, 2.05) is 7.05 Å². The Hall–Kier alpha value is -1.80. The standard InChI is InChI=1S/C18H24N2/c1-4-20(18-11-6-5-8-15(18)2)14-17-10-7-9-16(12-17)13-19-3/h5-12,19H,4,13-14H2,1-3H3. The molecule has 0 atom stereocenters. The first-order valence-electron chi connectivity index (χ1n) is 7.27. The van der Waals surface area contributed by atoms with Gasteiger partial charge >= 0.3 is 0 Å². The molecule has 2 aromatic rings. The molecule has 20 heavy (non-hydrogen) atoms. The molecule has 0 unspecified atom stereocenters. The highest BCUT2D eigenvalue weighted by Crippen LogP contribution is 2.21. The smallest absolute Gasteiger partial charge is 0.0429 e. The molecule has 0 heterocycles. The number of hydrogen-bond acceptors (Lipinski definition) is 2. The zero-order valence-corrected chi connectivity index (χ0v) is 12.7. The minimum atomic E-state index is 0.921. The molecule has 0 bridgehead atoms. The van der Waals surface area contributed by atoms with Gasteiger partial charge in [-0.1, -0.05) is 42.5 Å². The molecular weight excluding hydrogens is 244 g/mol. The van der Waals surface area contributed by atoms with Crippen LogP contribution in [0, 0.1) is 6.92 Å². The molecule has 0 aliphatic carbocycles. The highest BCUT2D eigenvalue weighted by atomic mass is 15.1. The first kappa shape index (κ1) is 14.6. The second kappa shape index (κ2) is 7.11.